The van der Waals surface area contributed by atoms with Crippen molar-refractivity contribution in [3.05, 3.63) is 72.0 Å². The van der Waals surface area contributed by atoms with Crippen LogP contribution in [0.1, 0.15) is 10.4 Å². The highest BCUT2D eigenvalue weighted by atomic mass is 19.1. The second-order valence-corrected chi connectivity index (χ2v) is 9.17. The molecular weight excluding hydrogens is 475 g/mol. The first-order valence-corrected chi connectivity index (χ1v) is 12.6. The summed E-state index contributed by atoms with van der Waals surface area (Å²) in [5, 5.41) is 18.0. The number of hydrogen-bond acceptors (Lipinski definition) is 8. The fourth-order valence-electron chi connectivity index (χ4n) is 4.65. The predicted octanol–water partition coefficient (Wildman–Crippen LogP) is 2.48. The van der Waals surface area contributed by atoms with Gasteiger partial charge in [0, 0.05) is 64.5 Å². The lowest BCUT2D eigenvalue weighted by Crippen LogP contribution is -2.49. The van der Waals surface area contributed by atoms with Crippen molar-refractivity contribution in [2.24, 2.45) is 0 Å². The number of nitrogens with zero attached hydrogens (tertiary/aromatic N) is 6. The van der Waals surface area contributed by atoms with Crippen LogP contribution in [0, 0.1) is 5.82 Å². The molecule has 3 aromatic rings. The van der Waals surface area contributed by atoms with E-state index in [2.05, 4.69) is 24.9 Å². The second-order valence-electron chi connectivity index (χ2n) is 9.17. The number of ether oxygens (including phenoxy) is 1. The molecule has 0 saturated carbocycles. The number of benzene rings is 2. The van der Waals surface area contributed by atoms with Gasteiger partial charge in [0.15, 0.2) is 11.6 Å². The minimum absolute atomic E-state index is 0.0500. The molecule has 5 rings (SSSR count). The summed E-state index contributed by atoms with van der Waals surface area (Å²) in [5.41, 5.74) is 0.552. The van der Waals surface area contributed by atoms with Crippen LogP contribution >= 0.6 is 0 Å². The van der Waals surface area contributed by atoms with E-state index in [1.165, 1.54) is 12.1 Å². The molecule has 194 valence electrons. The summed E-state index contributed by atoms with van der Waals surface area (Å²) >= 11 is 0. The minimum atomic E-state index is -0.328. The van der Waals surface area contributed by atoms with Crippen molar-refractivity contribution >= 4 is 17.5 Å². The minimum Gasteiger partial charge on any atom is -0.457 e. The van der Waals surface area contributed by atoms with Crippen LogP contribution in [0.2, 0.25) is 0 Å². The number of carbonyl (C=O) groups excluding carboxylic acids is 1. The molecule has 3 heterocycles. The molecule has 2 aliphatic heterocycles. The number of amides is 1. The number of rotatable bonds is 7. The van der Waals surface area contributed by atoms with Gasteiger partial charge < -0.3 is 24.5 Å². The van der Waals surface area contributed by atoms with Gasteiger partial charge in [-0.25, -0.2) is 4.39 Å². The van der Waals surface area contributed by atoms with Gasteiger partial charge in [0.05, 0.1) is 6.61 Å². The fourth-order valence-corrected chi connectivity index (χ4v) is 4.65. The maximum absolute atomic E-state index is 13.1. The van der Waals surface area contributed by atoms with Crippen molar-refractivity contribution in [3.8, 4) is 11.5 Å². The normalized spacial score (nSPS) is 16.6. The molecule has 1 N–H and O–H groups in total. The van der Waals surface area contributed by atoms with Crippen molar-refractivity contribution in [2.45, 2.75) is 0 Å². The molecule has 2 aromatic carbocycles. The molecule has 0 spiro atoms. The summed E-state index contributed by atoms with van der Waals surface area (Å²) in [6.07, 6.45) is 0. The number of halogens is 1. The first-order valence-electron chi connectivity index (χ1n) is 12.6. The number of aliphatic hydroxyl groups is 1. The van der Waals surface area contributed by atoms with Crippen molar-refractivity contribution < 1.29 is 19.0 Å². The molecule has 2 fully saturated rings. The Morgan fingerprint density at radius 2 is 1.43 bits per heavy atom. The van der Waals surface area contributed by atoms with Crippen LogP contribution in [0.25, 0.3) is 0 Å². The molecule has 1 aromatic heterocycles. The molecule has 0 atom stereocenters. The number of β-amino-alcohol motifs (C(OH)–C–C–N with tert-alkyl or cyclic N) is 1. The van der Waals surface area contributed by atoms with E-state index in [1.54, 1.807) is 36.4 Å². The van der Waals surface area contributed by atoms with Crippen LogP contribution in [0.3, 0.4) is 0 Å². The molecular formula is C27H31FN6O3. The van der Waals surface area contributed by atoms with E-state index in [9.17, 15) is 9.18 Å². The molecule has 0 radical (unpaired) electrons. The highest BCUT2D eigenvalue weighted by Gasteiger charge is 2.24. The monoisotopic (exact) mass is 506 g/mol. The van der Waals surface area contributed by atoms with Crippen LogP contribution in [0.5, 0.6) is 11.5 Å². The van der Waals surface area contributed by atoms with Crippen LogP contribution < -0.4 is 14.5 Å². The van der Waals surface area contributed by atoms with E-state index in [0.29, 0.717) is 49.8 Å². The third kappa shape index (κ3) is 6.15. The van der Waals surface area contributed by atoms with Crippen molar-refractivity contribution in [1.82, 2.24) is 20.0 Å². The van der Waals surface area contributed by atoms with Crippen LogP contribution in [-0.4, -0.2) is 96.5 Å². The number of hydrogen-bond donors (Lipinski definition) is 1. The van der Waals surface area contributed by atoms with E-state index in [4.69, 9.17) is 9.84 Å². The average Bonchev–Trinajstić information content (AvgIpc) is 2.95. The summed E-state index contributed by atoms with van der Waals surface area (Å²) < 4.78 is 18.9. The molecule has 2 aliphatic rings. The second kappa shape index (κ2) is 11.5. The number of aliphatic hydroxyl groups excluding tert-OH is 1. The van der Waals surface area contributed by atoms with Crippen molar-refractivity contribution in [2.75, 3.05) is 75.3 Å². The molecule has 2 saturated heterocycles. The van der Waals surface area contributed by atoms with E-state index in [0.717, 1.165) is 37.8 Å². The Kier molecular flexibility index (Phi) is 7.76. The molecule has 1 amide bonds. The zero-order valence-electron chi connectivity index (χ0n) is 20.7. The van der Waals surface area contributed by atoms with Gasteiger partial charge in [-0.2, -0.15) is 0 Å². The Balaban J connectivity index is 1.14. The third-order valence-electron chi connectivity index (χ3n) is 6.77. The zero-order valence-corrected chi connectivity index (χ0v) is 20.7. The van der Waals surface area contributed by atoms with Gasteiger partial charge in [-0.1, -0.05) is 6.07 Å². The third-order valence-corrected chi connectivity index (χ3v) is 6.77. The lowest BCUT2D eigenvalue weighted by molar-refractivity contribution is 0.0746. The Hall–Kier alpha value is -3.76. The smallest absolute Gasteiger partial charge is 0.254 e. The van der Waals surface area contributed by atoms with Gasteiger partial charge in [-0.15, -0.1) is 10.2 Å². The SMILES string of the molecule is O=C(c1cccc(Oc2ccc(F)cc2)c1)N1CCN(c2ccc(N3CCN(CCO)CC3)nn2)CC1. The Labute approximate surface area is 215 Å². The van der Waals surface area contributed by atoms with Gasteiger partial charge in [0.25, 0.3) is 5.91 Å². The van der Waals surface area contributed by atoms with E-state index in [-0.39, 0.29) is 18.3 Å². The number of aromatic nitrogens is 2. The zero-order chi connectivity index (χ0) is 25.6. The molecule has 0 aliphatic carbocycles. The van der Waals surface area contributed by atoms with Gasteiger partial charge in [0.1, 0.15) is 17.3 Å². The van der Waals surface area contributed by atoms with Crippen molar-refractivity contribution in [3.63, 3.8) is 0 Å². The first-order chi connectivity index (χ1) is 18.1. The van der Waals surface area contributed by atoms with E-state index in [1.807, 2.05) is 17.0 Å². The van der Waals surface area contributed by atoms with E-state index < -0.39 is 0 Å². The summed E-state index contributed by atoms with van der Waals surface area (Å²) in [7, 11) is 0. The maximum atomic E-state index is 13.1. The molecule has 10 heteroatoms. The van der Waals surface area contributed by atoms with Crippen LogP contribution in [0.4, 0.5) is 16.0 Å². The Morgan fingerprint density at radius 3 is 2.03 bits per heavy atom. The number of anilines is 2. The van der Waals surface area contributed by atoms with Crippen molar-refractivity contribution in [1.29, 1.82) is 0 Å². The largest absolute Gasteiger partial charge is 0.457 e. The number of carbonyl (C=O) groups is 1. The maximum Gasteiger partial charge on any atom is 0.254 e. The van der Waals surface area contributed by atoms with Crippen LogP contribution in [-0.2, 0) is 0 Å². The number of piperazine rings is 2. The predicted molar refractivity (Wildman–Crippen MR) is 139 cm³/mol. The summed E-state index contributed by atoms with van der Waals surface area (Å²) in [4.78, 5) is 21.6. The molecule has 37 heavy (non-hydrogen) atoms. The average molecular weight is 507 g/mol. The van der Waals surface area contributed by atoms with Gasteiger partial charge >= 0.3 is 0 Å². The molecule has 0 bridgehead atoms. The molecule has 0 unspecified atom stereocenters. The quantitative estimate of drug-likeness (QED) is 0.523. The lowest BCUT2D eigenvalue weighted by Gasteiger charge is -2.36. The summed E-state index contributed by atoms with van der Waals surface area (Å²) in [6, 6.07) is 16.8. The van der Waals surface area contributed by atoms with E-state index >= 15 is 0 Å². The Bertz CT molecular complexity index is 1180. The fraction of sp³-hybridized carbons (Fsp3) is 0.370. The first kappa shape index (κ1) is 24.9. The van der Waals surface area contributed by atoms with Crippen LogP contribution in [0.15, 0.2) is 60.7 Å². The lowest BCUT2D eigenvalue weighted by atomic mass is 10.1. The highest BCUT2D eigenvalue weighted by Crippen LogP contribution is 2.24. The standard InChI is InChI=1S/C27H31FN6O3/c28-22-4-6-23(7-5-22)37-24-3-1-2-21(20-24)27(36)34-16-14-33(15-17-34)26-9-8-25(29-30-26)32-12-10-31(11-13-32)18-19-35/h1-9,20,35H,10-19H2. The summed E-state index contributed by atoms with van der Waals surface area (Å²) in [5.74, 6) is 2.34. The van der Waals surface area contributed by atoms with Gasteiger partial charge in [0.2, 0.25) is 0 Å². The van der Waals surface area contributed by atoms with Gasteiger partial charge in [-0.05, 0) is 54.6 Å². The summed E-state index contributed by atoms with van der Waals surface area (Å²) in [6.45, 7) is 6.94. The molecule has 9 nitrogen and oxygen atoms in total. The topological polar surface area (TPSA) is 85.3 Å². The Morgan fingerprint density at radius 1 is 0.811 bits per heavy atom. The van der Waals surface area contributed by atoms with Gasteiger partial charge in [-0.3, -0.25) is 9.69 Å². The highest BCUT2D eigenvalue weighted by molar-refractivity contribution is 5.94.